The van der Waals surface area contributed by atoms with Gasteiger partial charge < -0.3 is 10.2 Å². The van der Waals surface area contributed by atoms with Crippen LogP contribution in [-0.2, 0) is 0 Å². The molecule has 1 amide bonds. The molecule has 0 radical (unpaired) electrons. The lowest BCUT2D eigenvalue weighted by Gasteiger charge is -2.44. The van der Waals surface area contributed by atoms with E-state index in [0.717, 1.165) is 21.9 Å². The van der Waals surface area contributed by atoms with Crippen LogP contribution in [0, 0.1) is 5.92 Å². The second-order valence-electron chi connectivity index (χ2n) is 6.25. The minimum absolute atomic E-state index is 0.0434. The number of thiophene rings is 1. The number of aromatic nitrogens is 1. The average Bonchev–Trinajstić information content (AvgIpc) is 3.07. The van der Waals surface area contributed by atoms with Crippen LogP contribution in [0.2, 0.25) is 5.15 Å². The summed E-state index contributed by atoms with van der Waals surface area (Å²) in [4.78, 5) is 20.9. The fourth-order valence-electron chi connectivity index (χ4n) is 3.50. The molecule has 2 aromatic rings. The smallest absolute Gasteiger partial charge is 0.261 e. The van der Waals surface area contributed by atoms with E-state index >= 15 is 0 Å². The van der Waals surface area contributed by atoms with E-state index in [0.29, 0.717) is 17.1 Å². The third kappa shape index (κ3) is 3.13. The van der Waals surface area contributed by atoms with E-state index in [-0.39, 0.29) is 5.91 Å². The van der Waals surface area contributed by atoms with Crippen LogP contribution in [0.3, 0.4) is 0 Å². The first-order chi connectivity index (χ1) is 11.2. The van der Waals surface area contributed by atoms with Crippen molar-refractivity contribution in [2.75, 3.05) is 19.6 Å². The maximum absolute atomic E-state index is 12.5. The Morgan fingerprint density at radius 1 is 1.26 bits per heavy atom. The van der Waals surface area contributed by atoms with Crippen LogP contribution in [0.1, 0.15) is 22.5 Å². The first-order valence-electron chi connectivity index (χ1n) is 7.94. The van der Waals surface area contributed by atoms with Gasteiger partial charge >= 0.3 is 0 Å². The largest absolute Gasteiger partial charge is 0.347 e. The monoisotopic (exact) mass is 347 g/mol. The molecule has 1 N–H and O–H groups in total. The predicted molar refractivity (Wildman–Crippen MR) is 93.0 cm³/mol. The number of nitrogens with one attached hydrogen (secondary N) is 1. The lowest BCUT2D eigenvalue weighted by Crippen LogP contribution is -2.57. The minimum Gasteiger partial charge on any atom is -0.347 e. The summed E-state index contributed by atoms with van der Waals surface area (Å²) in [5.41, 5.74) is 0.987. The van der Waals surface area contributed by atoms with Crippen molar-refractivity contribution >= 4 is 28.8 Å². The molecule has 6 heteroatoms. The molecule has 3 saturated heterocycles. The van der Waals surface area contributed by atoms with Gasteiger partial charge in [-0.3, -0.25) is 4.79 Å². The van der Waals surface area contributed by atoms with Gasteiger partial charge in [0.15, 0.2) is 0 Å². The Morgan fingerprint density at radius 3 is 2.74 bits per heavy atom. The SMILES string of the molecule is O=C(NC1CN2CCC1CC2)c1ccc(-c2ccc(Cl)nc2)s1. The molecule has 3 aliphatic rings. The molecule has 120 valence electrons. The highest BCUT2D eigenvalue weighted by molar-refractivity contribution is 7.17. The Bertz CT molecular complexity index is 707. The van der Waals surface area contributed by atoms with Crippen molar-refractivity contribution in [1.29, 1.82) is 0 Å². The van der Waals surface area contributed by atoms with Crippen LogP contribution in [0.25, 0.3) is 10.4 Å². The van der Waals surface area contributed by atoms with Crippen molar-refractivity contribution in [2.45, 2.75) is 18.9 Å². The quantitative estimate of drug-likeness (QED) is 0.866. The van der Waals surface area contributed by atoms with Crippen LogP contribution in [0.15, 0.2) is 30.5 Å². The van der Waals surface area contributed by atoms with Crippen molar-refractivity contribution in [3.05, 3.63) is 40.5 Å². The topological polar surface area (TPSA) is 45.2 Å². The Labute approximate surface area is 144 Å². The number of amides is 1. The van der Waals surface area contributed by atoms with Crippen LogP contribution in [0.4, 0.5) is 0 Å². The van der Waals surface area contributed by atoms with E-state index in [4.69, 9.17) is 11.6 Å². The summed E-state index contributed by atoms with van der Waals surface area (Å²) < 4.78 is 0. The number of rotatable bonds is 3. The molecule has 4 nitrogen and oxygen atoms in total. The molecule has 3 aliphatic heterocycles. The average molecular weight is 348 g/mol. The van der Waals surface area contributed by atoms with Gasteiger partial charge in [0.2, 0.25) is 0 Å². The molecule has 1 atom stereocenters. The van der Waals surface area contributed by atoms with Crippen LogP contribution in [-0.4, -0.2) is 41.5 Å². The van der Waals surface area contributed by atoms with Gasteiger partial charge in [-0.05, 0) is 56.1 Å². The standard InChI is InChI=1S/C17H18ClN3OS/c18-16-4-1-12(9-19-16)14-2-3-15(23-14)17(22)20-13-10-21-7-5-11(13)6-8-21/h1-4,9,11,13H,5-8,10H2,(H,20,22). The number of hydrogen-bond donors (Lipinski definition) is 1. The maximum atomic E-state index is 12.5. The predicted octanol–water partition coefficient (Wildman–Crippen LogP) is 3.29. The van der Waals surface area contributed by atoms with Crippen LogP contribution >= 0.6 is 22.9 Å². The highest BCUT2D eigenvalue weighted by atomic mass is 35.5. The Balaban J connectivity index is 1.46. The van der Waals surface area contributed by atoms with E-state index in [1.807, 2.05) is 18.2 Å². The summed E-state index contributed by atoms with van der Waals surface area (Å²) in [6, 6.07) is 7.86. The number of pyridine rings is 1. The van der Waals surface area contributed by atoms with Crippen molar-refractivity contribution in [3.63, 3.8) is 0 Å². The normalized spacial score (nSPS) is 26.2. The van der Waals surface area contributed by atoms with Gasteiger partial charge in [-0.15, -0.1) is 11.3 Å². The molecule has 0 aliphatic carbocycles. The Hall–Kier alpha value is -1.43. The Morgan fingerprint density at radius 2 is 2.09 bits per heavy atom. The van der Waals surface area contributed by atoms with E-state index in [1.165, 1.54) is 37.3 Å². The first kappa shape index (κ1) is 15.1. The van der Waals surface area contributed by atoms with Crippen LogP contribution in [0.5, 0.6) is 0 Å². The molecular weight excluding hydrogens is 330 g/mol. The number of fused-ring (bicyclic) bond motifs is 3. The van der Waals surface area contributed by atoms with E-state index in [9.17, 15) is 4.79 Å². The van der Waals surface area contributed by atoms with Gasteiger partial charge in [-0.1, -0.05) is 11.6 Å². The van der Waals surface area contributed by atoms with Gasteiger partial charge in [0.25, 0.3) is 5.91 Å². The van der Waals surface area contributed by atoms with E-state index in [1.54, 1.807) is 12.3 Å². The van der Waals surface area contributed by atoms with Crippen molar-refractivity contribution in [2.24, 2.45) is 5.92 Å². The summed E-state index contributed by atoms with van der Waals surface area (Å²) in [7, 11) is 0. The number of halogens is 1. The lowest BCUT2D eigenvalue weighted by atomic mass is 9.84. The van der Waals surface area contributed by atoms with Gasteiger partial charge in [-0.2, -0.15) is 0 Å². The molecule has 23 heavy (non-hydrogen) atoms. The summed E-state index contributed by atoms with van der Waals surface area (Å²) in [6.07, 6.45) is 4.15. The Kier molecular flexibility index (Phi) is 4.09. The number of carbonyl (C=O) groups excluding carboxylic acids is 1. The number of piperidine rings is 3. The lowest BCUT2D eigenvalue weighted by molar-refractivity contribution is 0.0622. The molecule has 3 fully saturated rings. The first-order valence-corrected chi connectivity index (χ1v) is 9.13. The van der Waals surface area contributed by atoms with E-state index in [2.05, 4.69) is 15.2 Å². The van der Waals surface area contributed by atoms with Gasteiger partial charge in [0, 0.05) is 29.2 Å². The summed E-state index contributed by atoms with van der Waals surface area (Å²) >= 11 is 7.32. The van der Waals surface area contributed by atoms with Crippen molar-refractivity contribution < 1.29 is 4.79 Å². The van der Waals surface area contributed by atoms with Crippen LogP contribution < -0.4 is 5.32 Å². The molecule has 0 saturated carbocycles. The van der Waals surface area contributed by atoms with Gasteiger partial charge in [0.1, 0.15) is 5.15 Å². The zero-order chi connectivity index (χ0) is 15.8. The van der Waals surface area contributed by atoms with Gasteiger partial charge in [0.05, 0.1) is 4.88 Å². The third-order valence-corrected chi connectivity index (χ3v) is 6.17. The highest BCUT2D eigenvalue weighted by Gasteiger charge is 2.35. The summed E-state index contributed by atoms with van der Waals surface area (Å²) in [5, 5.41) is 3.71. The van der Waals surface area contributed by atoms with Crippen molar-refractivity contribution in [3.8, 4) is 10.4 Å². The molecule has 0 aromatic carbocycles. The number of carbonyl (C=O) groups is 1. The molecule has 5 heterocycles. The van der Waals surface area contributed by atoms with E-state index < -0.39 is 0 Å². The molecule has 2 aromatic heterocycles. The number of hydrogen-bond acceptors (Lipinski definition) is 4. The van der Waals surface area contributed by atoms with Crippen molar-refractivity contribution in [1.82, 2.24) is 15.2 Å². The molecular formula is C17H18ClN3OS. The molecule has 2 bridgehead atoms. The molecule has 5 rings (SSSR count). The fraction of sp³-hybridized carbons (Fsp3) is 0.412. The molecule has 0 spiro atoms. The van der Waals surface area contributed by atoms with Gasteiger partial charge in [-0.25, -0.2) is 4.98 Å². The number of nitrogens with zero attached hydrogens (tertiary/aromatic N) is 2. The zero-order valence-corrected chi connectivity index (χ0v) is 14.2. The molecule has 1 unspecified atom stereocenters. The summed E-state index contributed by atoms with van der Waals surface area (Å²) in [6.45, 7) is 3.36. The second-order valence-corrected chi connectivity index (χ2v) is 7.72. The fourth-order valence-corrected chi connectivity index (χ4v) is 4.52. The zero-order valence-electron chi connectivity index (χ0n) is 12.7. The highest BCUT2D eigenvalue weighted by Crippen LogP contribution is 2.30. The summed E-state index contributed by atoms with van der Waals surface area (Å²) in [5.74, 6) is 0.686. The minimum atomic E-state index is 0.0434. The maximum Gasteiger partial charge on any atom is 0.261 e. The second kappa shape index (κ2) is 6.23. The third-order valence-electron chi connectivity index (χ3n) is 4.81.